The van der Waals surface area contributed by atoms with Gasteiger partial charge in [-0.25, -0.2) is 0 Å². The van der Waals surface area contributed by atoms with E-state index in [2.05, 4.69) is 33.5 Å². The fourth-order valence-corrected chi connectivity index (χ4v) is 2.31. The summed E-state index contributed by atoms with van der Waals surface area (Å²) >= 11 is 0. The molecule has 0 saturated heterocycles. The van der Waals surface area contributed by atoms with Crippen molar-refractivity contribution in [2.24, 2.45) is 0 Å². The fraction of sp³-hybridized carbons (Fsp3) is 0.400. The van der Waals surface area contributed by atoms with Crippen LogP contribution in [0.3, 0.4) is 0 Å². The molecule has 0 atom stereocenters. The molecule has 2 aromatic rings. The van der Waals surface area contributed by atoms with Gasteiger partial charge in [0, 0.05) is 31.8 Å². The standard InChI is InChI=1S/C10H14N4/c1-2-13-8-6-10-12-3-4-14(10)7(8)5-9(13)11/h5-6,12H,2-4,11H2,1H3. The molecule has 3 rings (SSSR count). The van der Waals surface area contributed by atoms with E-state index < -0.39 is 0 Å². The lowest BCUT2D eigenvalue weighted by atomic mass is 10.4. The number of hydrogen-bond donors (Lipinski definition) is 2. The molecule has 4 nitrogen and oxygen atoms in total. The van der Waals surface area contributed by atoms with E-state index in [1.165, 1.54) is 16.9 Å². The largest absolute Gasteiger partial charge is 0.385 e. The molecule has 74 valence electrons. The minimum atomic E-state index is 0.861. The number of anilines is 2. The van der Waals surface area contributed by atoms with Crippen molar-refractivity contribution < 1.29 is 0 Å². The molecule has 0 radical (unpaired) electrons. The summed E-state index contributed by atoms with van der Waals surface area (Å²) in [6.07, 6.45) is 0. The van der Waals surface area contributed by atoms with Crippen molar-refractivity contribution in [3.8, 4) is 0 Å². The van der Waals surface area contributed by atoms with Crippen LogP contribution in [0.2, 0.25) is 0 Å². The Labute approximate surface area is 82.3 Å². The summed E-state index contributed by atoms with van der Waals surface area (Å²) in [5.41, 5.74) is 8.43. The van der Waals surface area contributed by atoms with Gasteiger partial charge in [-0.2, -0.15) is 0 Å². The highest BCUT2D eigenvalue weighted by molar-refractivity contribution is 5.87. The first kappa shape index (κ1) is 7.79. The van der Waals surface area contributed by atoms with Crippen molar-refractivity contribution in [3.63, 3.8) is 0 Å². The van der Waals surface area contributed by atoms with Gasteiger partial charge in [-0.3, -0.25) is 0 Å². The van der Waals surface area contributed by atoms with Crippen molar-refractivity contribution in [3.05, 3.63) is 12.1 Å². The lowest BCUT2D eigenvalue weighted by molar-refractivity contribution is 0.807. The summed E-state index contributed by atoms with van der Waals surface area (Å²) in [7, 11) is 0. The van der Waals surface area contributed by atoms with Crippen LogP contribution in [0.5, 0.6) is 0 Å². The van der Waals surface area contributed by atoms with Crippen LogP contribution in [0.25, 0.3) is 11.0 Å². The summed E-state index contributed by atoms with van der Waals surface area (Å²) < 4.78 is 4.43. The Balaban J connectivity index is 2.35. The van der Waals surface area contributed by atoms with E-state index in [0.29, 0.717) is 0 Å². The average molecular weight is 190 g/mol. The summed E-state index contributed by atoms with van der Waals surface area (Å²) in [6.45, 7) is 5.12. The molecular formula is C10H14N4. The third-order valence-electron chi connectivity index (χ3n) is 2.96. The second kappa shape index (κ2) is 2.47. The fourth-order valence-electron chi connectivity index (χ4n) is 2.31. The number of nitrogens with two attached hydrogens (primary N) is 1. The van der Waals surface area contributed by atoms with Crippen LogP contribution in [0.15, 0.2) is 12.1 Å². The zero-order valence-corrected chi connectivity index (χ0v) is 8.25. The van der Waals surface area contributed by atoms with Gasteiger partial charge in [0.15, 0.2) is 0 Å². The van der Waals surface area contributed by atoms with E-state index in [4.69, 9.17) is 5.73 Å². The highest BCUT2D eigenvalue weighted by Crippen LogP contribution is 2.30. The summed E-state index contributed by atoms with van der Waals surface area (Å²) in [4.78, 5) is 0. The summed E-state index contributed by atoms with van der Waals surface area (Å²) in [6, 6.07) is 4.25. The summed E-state index contributed by atoms with van der Waals surface area (Å²) in [5, 5.41) is 3.36. The van der Waals surface area contributed by atoms with Gasteiger partial charge in [-0.15, -0.1) is 0 Å². The van der Waals surface area contributed by atoms with Crippen LogP contribution in [-0.2, 0) is 13.1 Å². The van der Waals surface area contributed by atoms with Crippen molar-refractivity contribution >= 4 is 22.7 Å². The zero-order chi connectivity index (χ0) is 9.71. The van der Waals surface area contributed by atoms with Crippen molar-refractivity contribution in [1.82, 2.24) is 9.13 Å². The Bertz CT molecular complexity index is 486. The highest BCUT2D eigenvalue weighted by atomic mass is 15.2. The van der Waals surface area contributed by atoms with E-state index in [1.807, 2.05) is 0 Å². The molecule has 3 heterocycles. The third kappa shape index (κ3) is 0.780. The Morgan fingerprint density at radius 1 is 1.43 bits per heavy atom. The van der Waals surface area contributed by atoms with Gasteiger partial charge >= 0.3 is 0 Å². The molecule has 3 N–H and O–H groups in total. The smallest absolute Gasteiger partial charge is 0.108 e. The Morgan fingerprint density at radius 2 is 2.29 bits per heavy atom. The Hall–Kier alpha value is -1.58. The van der Waals surface area contributed by atoms with E-state index in [0.717, 1.165) is 25.5 Å². The first-order chi connectivity index (χ1) is 6.81. The van der Waals surface area contributed by atoms with Crippen LogP contribution in [0, 0.1) is 0 Å². The maximum Gasteiger partial charge on any atom is 0.108 e. The van der Waals surface area contributed by atoms with Gasteiger partial charge in [-0.05, 0) is 6.92 Å². The van der Waals surface area contributed by atoms with Gasteiger partial charge in [0.1, 0.15) is 11.6 Å². The predicted molar refractivity (Wildman–Crippen MR) is 58.5 cm³/mol. The van der Waals surface area contributed by atoms with Gasteiger partial charge in [0.05, 0.1) is 11.0 Å². The number of fused-ring (bicyclic) bond motifs is 3. The lowest BCUT2D eigenvalue weighted by Gasteiger charge is -2.00. The number of hydrogen-bond acceptors (Lipinski definition) is 2. The Morgan fingerprint density at radius 3 is 3.07 bits per heavy atom. The van der Waals surface area contributed by atoms with Crippen LogP contribution in [0.1, 0.15) is 6.92 Å². The van der Waals surface area contributed by atoms with Crippen LogP contribution in [0.4, 0.5) is 11.6 Å². The molecular weight excluding hydrogens is 176 g/mol. The second-order valence-electron chi connectivity index (χ2n) is 3.69. The second-order valence-corrected chi connectivity index (χ2v) is 3.69. The molecule has 0 saturated carbocycles. The molecule has 1 aliphatic rings. The summed E-state index contributed by atoms with van der Waals surface area (Å²) in [5.74, 6) is 2.08. The molecule has 4 heteroatoms. The third-order valence-corrected chi connectivity index (χ3v) is 2.96. The number of aromatic nitrogens is 2. The average Bonchev–Trinajstić information content (AvgIpc) is 2.76. The first-order valence-corrected chi connectivity index (χ1v) is 5.03. The molecule has 0 unspecified atom stereocenters. The van der Waals surface area contributed by atoms with Gasteiger partial charge in [0.2, 0.25) is 0 Å². The molecule has 0 fully saturated rings. The van der Waals surface area contributed by atoms with Crippen molar-refractivity contribution in [2.45, 2.75) is 20.0 Å². The highest BCUT2D eigenvalue weighted by Gasteiger charge is 2.17. The Kier molecular flexibility index (Phi) is 1.37. The minimum absolute atomic E-state index is 0.861. The van der Waals surface area contributed by atoms with Gasteiger partial charge in [-0.1, -0.05) is 0 Å². The number of nitrogens with one attached hydrogen (secondary N) is 1. The van der Waals surface area contributed by atoms with E-state index in [9.17, 15) is 0 Å². The lowest BCUT2D eigenvalue weighted by Crippen LogP contribution is -1.99. The number of nitrogens with zero attached hydrogens (tertiary/aromatic N) is 2. The molecule has 14 heavy (non-hydrogen) atoms. The SMILES string of the molecule is CCn1c(N)cc2c1cc1n2CCN1. The van der Waals surface area contributed by atoms with Crippen LogP contribution >= 0.6 is 0 Å². The normalized spacial score (nSPS) is 14.6. The maximum atomic E-state index is 5.93. The molecule has 0 aromatic carbocycles. The molecule has 0 amide bonds. The van der Waals surface area contributed by atoms with Crippen molar-refractivity contribution in [2.75, 3.05) is 17.6 Å². The van der Waals surface area contributed by atoms with E-state index in [-0.39, 0.29) is 0 Å². The van der Waals surface area contributed by atoms with E-state index >= 15 is 0 Å². The van der Waals surface area contributed by atoms with Crippen LogP contribution in [-0.4, -0.2) is 15.7 Å². The van der Waals surface area contributed by atoms with Crippen molar-refractivity contribution in [1.29, 1.82) is 0 Å². The minimum Gasteiger partial charge on any atom is -0.385 e. The van der Waals surface area contributed by atoms with E-state index in [1.54, 1.807) is 0 Å². The molecule has 2 aromatic heterocycles. The molecule has 1 aliphatic heterocycles. The van der Waals surface area contributed by atoms with Gasteiger partial charge < -0.3 is 20.2 Å². The van der Waals surface area contributed by atoms with Crippen LogP contribution < -0.4 is 11.1 Å². The number of nitrogen functional groups attached to an aromatic ring is 1. The number of aryl methyl sites for hydroxylation is 1. The molecule has 0 bridgehead atoms. The predicted octanol–water partition coefficient (Wildman–Crippen LogP) is 1.47. The molecule has 0 spiro atoms. The zero-order valence-electron chi connectivity index (χ0n) is 8.25. The molecule has 0 aliphatic carbocycles. The quantitative estimate of drug-likeness (QED) is 0.715. The van der Waals surface area contributed by atoms with Gasteiger partial charge in [0.25, 0.3) is 0 Å². The topological polar surface area (TPSA) is 47.9 Å². The first-order valence-electron chi connectivity index (χ1n) is 5.03. The maximum absolute atomic E-state index is 5.93. The number of rotatable bonds is 1. The monoisotopic (exact) mass is 190 g/mol.